The van der Waals surface area contributed by atoms with Crippen molar-refractivity contribution < 1.29 is 9.90 Å². The highest BCUT2D eigenvalue weighted by Crippen LogP contribution is 2.18. The maximum atomic E-state index is 12.3. The quantitative estimate of drug-likeness (QED) is 0.737. The first-order chi connectivity index (χ1) is 9.76. The molecule has 0 bridgehead atoms. The van der Waals surface area contributed by atoms with Crippen LogP contribution in [0.25, 0.3) is 0 Å². The smallest absolute Gasteiger partial charge is 0.251 e. The Labute approximate surface area is 120 Å². The third kappa shape index (κ3) is 3.58. The molecule has 1 aromatic rings. The monoisotopic (exact) mass is 276 g/mol. The van der Waals surface area contributed by atoms with Gasteiger partial charge in [-0.25, -0.2) is 0 Å². The second-order valence-corrected chi connectivity index (χ2v) is 5.37. The SMILES string of the molecule is CCC(CCO)CNC(=O)c1cccc2c1CCNC2. The third-order valence-electron chi connectivity index (χ3n) is 4.05. The Morgan fingerprint density at radius 2 is 2.35 bits per heavy atom. The topological polar surface area (TPSA) is 61.4 Å². The summed E-state index contributed by atoms with van der Waals surface area (Å²) in [5.41, 5.74) is 3.22. The minimum absolute atomic E-state index is 0.0140. The molecule has 0 aromatic heterocycles. The Bertz CT molecular complexity index is 460. The lowest BCUT2D eigenvalue weighted by Gasteiger charge is -2.21. The van der Waals surface area contributed by atoms with Gasteiger partial charge in [-0.1, -0.05) is 25.5 Å². The summed E-state index contributed by atoms with van der Waals surface area (Å²) in [6.07, 6.45) is 2.62. The summed E-state index contributed by atoms with van der Waals surface area (Å²) in [6.45, 7) is 4.68. The van der Waals surface area contributed by atoms with Crippen molar-refractivity contribution in [2.75, 3.05) is 19.7 Å². The molecule has 4 heteroatoms. The van der Waals surface area contributed by atoms with E-state index in [1.165, 1.54) is 11.1 Å². The number of carbonyl (C=O) groups is 1. The first-order valence-electron chi connectivity index (χ1n) is 7.46. The fourth-order valence-corrected chi connectivity index (χ4v) is 2.71. The molecule has 1 atom stereocenters. The van der Waals surface area contributed by atoms with E-state index in [2.05, 4.69) is 23.6 Å². The van der Waals surface area contributed by atoms with Crippen LogP contribution in [-0.2, 0) is 13.0 Å². The molecular weight excluding hydrogens is 252 g/mol. The first-order valence-corrected chi connectivity index (χ1v) is 7.46. The molecule has 3 N–H and O–H groups in total. The van der Waals surface area contributed by atoms with Gasteiger partial charge in [0, 0.05) is 25.3 Å². The van der Waals surface area contributed by atoms with Crippen LogP contribution in [0.4, 0.5) is 0 Å². The van der Waals surface area contributed by atoms with Crippen molar-refractivity contribution in [1.29, 1.82) is 0 Å². The highest BCUT2D eigenvalue weighted by Gasteiger charge is 2.17. The highest BCUT2D eigenvalue weighted by molar-refractivity contribution is 5.96. The van der Waals surface area contributed by atoms with Gasteiger partial charge in [-0.2, -0.15) is 0 Å². The van der Waals surface area contributed by atoms with Gasteiger partial charge in [0.25, 0.3) is 5.91 Å². The first kappa shape index (κ1) is 15.0. The number of fused-ring (bicyclic) bond motifs is 1. The van der Waals surface area contributed by atoms with Crippen molar-refractivity contribution >= 4 is 5.91 Å². The average Bonchev–Trinajstić information content (AvgIpc) is 2.50. The summed E-state index contributed by atoms with van der Waals surface area (Å²) < 4.78 is 0. The molecule has 0 fully saturated rings. The largest absolute Gasteiger partial charge is 0.396 e. The number of hydrogen-bond acceptors (Lipinski definition) is 3. The molecule has 0 radical (unpaired) electrons. The van der Waals surface area contributed by atoms with Gasteiger partial charge in [-0.05, 0) is 42.5 Å². The molecule has 0 aliphatic carbocycles. The fraction of sp³-hybridized carbons (Fsp3) is 0.562. The number of amides is 1. The van der Waals surface area contributed by atoms with Crippen LogP contribution in [0.2, 0.25) is 0 Å². The summed E-state index contributed by atoms with van der Waals surface area (Å²) in [5, 5.41) is 15.3. The van der Waals surface area contributed by atoms with Gasteiger partial charge in [0.1, 0.15) is 0 Å². The van der Waals surface area contributed by atoms with Gasteiger partial charge in [0.05, 0.1) is 0 Å². The third-order valence-corrected chi connectivity index (χ3v) is 4.05. The van der Waals surface area contributed by atoms with E-state index in [0.29, 0.717) is 12.5 Å². The molecule has 0 saturated heterocycles. The summed E-state index contributed by atoms with van der Waals surface area (Å²) in [7, 11) is 0. The van der Waals surface area contributed by atoms with Crippen molar-refractivity contribution in [2.45, 2.75) is 32.7 Å². The van der Waals surface area contributed by atoms with Crippen LogP contribution in [0.15, 0.2) is 18.2 Å². The van der Waals surface area contributed by atoms with Gasteiger partial charge in [-0.3, -0.25) is 4.79 Å². The zero-order valence-corrected chi connectivity index (χ0v) is 12.1. The zero-order chi connectivity index (χ0) is 14.4. The molecule has 1 aromatic carbocycles. The van der Waals surface area contributed by atoms with Crippen LogP contribution < -0.4 is 10.6 Å². The molecule has 1 unspecified atom stereocenters. The number of aliphatic hydroxyl groups excluding tert-OH is 1. The van der Waals surface area contributed by atoms with E-state index < -0.39 is 0 Å². The molecule has 2 rings (SSSR count). The Morgan fingerprint density at radius 1 is 1.50 bits per heavy atom. The highest BCUT2D eigenvalue weighted by atomic mass is 16.3. The molecule has 1 aliphatic rings. The van der Waals surface area contributed by atoms with E-state index in [1.54, 1.807) is 0 Å². The molecule has 0 saturated carbocycles. The van der Waals surface area contributed by atoms with Gasteiger partial charge in [-0.15, -0.1) is 0 Å². The second kappa shape index (κ2) is 7.41. The van der Waals surface area contributed by atoms with Gasteiger partial charge in [0.2, 0.25) is 0 Å². The Hall–Kier alpha value is -1.39. The Morgan fingerprint density at radius 3 is 3.10 bits per heavy atom. The second-order valence-electron chi connectivity index (χ2n) is 5.37. The standard InChI is InChI=1S/C16H24N2O2/c1-2-12(7-9-19)10-18-16(20)15-5-3-4-13-11-17-8-6-14(13)15/h3-5,12,17,19H,2,6-11H2,1H3,(H,18,20). The lowest BCUT2D eigenvalue weighted by atomic mass is 9.95. The minimum Gasteiger partial charge on any atom is -0.396 e. The predicted octanol–water partition coefficient (Wildman–Crippen LogP) is 1.47. The van der Waals surface area contributed by atoms with Crippen molar-refractivity contribution in [3.8, 4) is 0 Å². The molecule has 4 nitrogen and oxygen atoms in total. The molecule has 1 heterocycles. The van der Waals surface area contributed by atoms with Crippen LogP contribution in [0.5, 0.6) is 0 Å². The number of rotatable bonds is 6. The summed E-state index contributed by atoms with van der Waals surface area (Å²) in [4.78, 5) is 12.3. The zero-order valence-electron chi connectivity index (χ0n) is 12.1. The van der Waals surface area contributed by atoms with Crippen LogP contribution >= 0.6 is 0 Å². The van der Waals surface area contributed by atoms with E-state index in [0.717, 1.165) is 37.9 Å². The number of hydrogen-bond donors (Lipinski definition) is 3. The van der Waals surface area contributed by atoms with Crippen molar-refractivity contribution in [3.63, 3.8) is 0 Å². The van der Waals surface area contributed by atoms with E-state index in [1.807, 2.05) is 12.1 Å². The number of benzene rings is 1. The fourth-order valence-electron chi connectivity index (χ4n) is 2.71. The Balaban J connectivity index is 2.02. The molecule has 0 spiro atoms. The summed E-state index contributed by atoms with van der Waals surface area (Å²) in [5.74, 6) is 0.366. The van der Waals surface area contributed by atoms with Gasteiger partial charge in [0.15, 0.2) is 0 Å². The maximum Gasteiger partial charge on any atom is 0.251 e. The molecule has 1 aliphatic heterocycles. The van der Waals surface area contributed by atoms with E-state index in [4.69, 9.17) is 5.11 Å². The predicted molar refractivity (Wildman–Crippen MR) is 79.7 cm³/mol. The van der Waals surface area contributed by atoms with E-state index in [9.17, 15) is 4.79 Å². The van der Waals surface area contributed by atoms with E-state index in [-0.39, 0.29) is 12.5 Å². The number of aliphatic hydroxyl groups is 1. The minimum atomic E-state index is 0.0140. The van der Waals surface area contributed by atoms with Crippen molar-refractivity contribution in [3.05, 3.63) is 34.9 Å². The van der Waals surface area contributed by atoms with Crippen molar-refractivity contribution in [1.82, 2.24) is 10.6 Å². The number of nitrogens with one attached hydrogen (secondary N) is 2. The normalized spacial score (nSPS) is 15.5. The molecule has 1 amide bonds. The lowest BCUT2D eigenvalue weighted by molar-refractivity contribution is 0.0942. The van der Waals surface area contributed by atoms with E-state index >= 15 is 0 Å². The molecule has 20 heavy (non-hydrogen) atoms. The average molecular weight is 276 g/mol. The Kier molecular flexibility index (Phi) is 5.56. The molecular formula is C16H24N2O2. The molecule has 110 valence electrons. The maximum absolute atomic E-state index is 12.3. The van der Waals surface area contributed by atoms with Crippen LogP contribution in [0.1, 0.15) is 41.3 Å². The summed E-state index contributed by atoms with van der Waals surface area (Å²) in [6, 6.07) is 5.94. The number of carbonyl (C=O) groups excluding carboxylic acids is 1. The van der Waals surface area contributed by atoms with Crippen LogP contribution in [0, 0.1) is 5.92 Å². The van der Waals surface area contributed by atoms with Gasteiger partial charge < -0.3 is 15.7 Å². The van der Waals surface area contributed by atoms with Crippen LogP contribution in [0.3, 0.4) is 0 Å². The van der Waals surface area contributed by atoms with Gasteiger partial charge >= 0.3 is 0 Å². The van der Waals surface area contributed by atoms with Crippen molar-refractivity contribution in [2.24, 2.45) is 5.92 Å². The summed E-state index contributed by atoms with van der Waals surface area (Å²) >= 11 is 0. The lowest BCUT2D eigenvalue weighted by Crippen LogP contribution is -2.32. The van der Waals surface area contributed by atoms with Crippen LogP contribution in [-0.4, -0.2) is 30.7 Å².